The van der Waals surface area contributed by atoms with Crippen LogP contribution in [0.5, 0.6) is 0 Å². The van der Waals surface area contributed by atoms with Gasteiger partial charge in [-0.1, -0.05) is 0 Å². The lowest BCUT2D eigenvalue weighted by molar-refractivity contribution is -0.137. The Labute approximate surface area is 177 Å². The highest BCUT2D eigenvalue weighted by molar-refractivity contribution is 6.00. The second-order valence-corrected chi connectivity index (χ2v) is 7.83. The Morgan fingerprint density at radius 2 is 2.06 bits per heavy atom. The zero-order valence-electron chi connectivity index (χ0n) is 16.9. The number of carbonyl (C=O) groups excluding carboxylic acids is 2. The van der Waals surface area contributed by atoms with Gasteiger partial charge in [0.05, 0.1) is 18.5 Å². The fraction of sp³-hybridized carbons (Fsp3) is 0.381. The van der Waals surface area contributed by atoms with Gasteiger partial charge in [0.25, 0.3) is 0 Å². The molecule has 31 heavy (non-hydrogen) atoms. The fourth-order valence-electron chi connectivity index (χ4n) is 3.95. The number of rotatable bonds is 4. The summed E-state index contributed by atoms with van der Waals surface area (Å²) in [4.78, 5) is 31.8. The Kier molecular flexibility index (Phi) is 5.57. The van der Waals surface area contributed by atoms with Crippen molar-refractivity contribution < 1.29 is 22.8 Å². The van der Waals surface area contributed by atoms with Gasteiger partial charge in [0.15, 0.2) is 0 Å². The van der Waals surface area contributed by atoms with Crippen molar-refractivity contribution in [2.45, 2.75) is 25.6 Å². The number of hydrogen-bond acceptors (Lipinski definition) is 5. The minimum Gasteiger partial charge on any atom is -0.351 e. The lowest BCUT2D eigenvalue weighted by Crippen LogP contribution is -2.53. The molecule has 0 spiro atoms. The minimum atomic E-state index is -4.41. The summed E-state index contributed by atoms with van der Waals surface area (Å²) in [5, 5.41) is 5.61. The minimum absolute atomic E-state index is 0.0112. The quantitative estimate of drug-likeness (QED) is 0.776. The maximum atomic E-state index is 12.7. The Morgan fingerprint density at radius 3 is 2.74 bits per heavy atom. The standard InChI is InChI=1S/C21H22F3N5O2/c1-13-11-28(6-7-29(13)18-5-2-15(10-25-18)21(22,23)24)12-20(31)26-16-3-4-17-14(8-16)9-19(30)27-17/h2-5,8,10,13H,6-7,9,11-12H2,1H3,(H,26,31)(H,27,30)/t13-/m1/s1. The summed E-state index contributed by atoms with van der Waals surface area (Å²) in [6, 6.07) is 7.72. The molecular weight excluding hydrogens is 411 g/mol. The molecule has 2 aliphatic rings. The van der Waals surface area contributed by atoms with E-state index in [2.05, 4.69) is 15.6 Å². The highest BCUT2D eigenvalue weighted by atomic mass is 19.4. The van der Waals surface area contributed by atoms with Crippen molar-refractivity contribution in [1.82, 2.24) is 9.88 Å². The predicted molar refractivity (Wildman–Crippen MR) is 110 cm³/mol. The molecule has 0 radical (unpaired) electrons. The molecule has 1 saturated heterocycles. The monoisotopic (exact) mass is 433 g/mol. The van der Waals surface area contributed by atoms with Crippen LogP contribution in [0.4, 0.5) is 30.4 Å². The van der Waals surface area contributed by atoms with Crippen LogP contribution in [0.15, 0.2) is 36.5 Å². The fourth-order valence-corrected chi connectivity index (χ4v) is 3.95. The van der Waals surface area contributed by atoms with Gasteiger partial charge >= 0.3 is 6.18 Å². The van der Waals surface area contributed by atoms with E-state index < -0.39 is 11.7 Å². The molecule has 1 aromatic heterocycles. The number of halogens is 3. The summed E-state index contributed by atoms with van der Waals surface area (Å²) < 4.78 is 38.2. The third kappa shape index (κ3) is 4.79. The third-order valence-corrected chi connectivity index (χ3v) is 5.46. The molecule has 0 unspecified atom stereocenters. The van der Waals surface area contributed by atoms with E-state index in [9.17, 15) is 22.8 Å². The van der Waals surface area contributed by atoms with Crippen LogP contribution in [0.3, 0.4) is 0 Å². The summed E-state index contributed by atoms with van der Waals surface area (Å²) in [6.45, 7) is 3.88. The number of alkyl halides is 3. The smallest absolute Gasteiger partial charge is 0.351 e. The normalized spacial score (nSPS) is 19.2. The molecule has 10 heteroatoms. The van der Waals surface area contributed by atoms with Crippen molar-refractivity contribution >= 4 is 29.0 Å². The first kappa shape index (κ1) is 21.1. The van der Waals surface area contributed by atoms with Crippen LogP contribution < -0.4 is 15.5 Å². The summed E-state index contributed by atoms with van der Waals surface area (Å²) in [5.41, 5.74) is 1.49. The van der Waals surface area contributed by atoms with Gasteiger partial charge in [-0.25, -0.2) is 4.98 Å². The molecule has 2 aliphatic heterocycles. The number of pyridine rings is 1. The molecule has 164 valence electrons. The molecule has 1 fully saturated rings. The molecule has 2 N–H and O–H groups in total. The Bertz CT molecular complexity index is 993. The number of fused-ring (bicyclic) bond motifs is 1. The Balaban J connectivity index is 1.31. The van der Waals surface area contributed by atoms with E-state index in [1.807, 2.05) is 16.7 Å². The number of anilines is 3. The van der Waals surface area contributed by atoms with Gasteiger partial charge in [-0.2, -0.15) is 13.2 Å². The molecule has 3 heterocycles. The van der Waals surface area contributed by atoms with E-state index in [0.717, 1.165) is 23.5 Å². The van der Waals surface area contributed by atoms with Gasteiger partial charge in [-0.3, -0.25) is 14.5 Å². The highest BCUT2D eigenvalue weighted by Crippen LogP contribution is 2.30. The van der Waals surface area contributed by atoms with E-state index in [0.29, 0.717) is 37.6 Å². The van der Waals surface area contributed by atoms with Crippen molar-refractivity contribution in [3.05, 3.63) is 47.7 Å². The lowest BCUT2D eigenvalue weighted by Gasteiger charge is -2.40. The summed E-state index contributed by atoms with van der Waals surface area (Å²) >= 11 is 0. The SMILES string of the molecule is C[C@@H]1CN(CC(=O)Nc2ccc3c(c2)CC(=O)N3)CCN1c1ccc(C(F)(F)F)cn1. The molecular formula is C21H22F3N5O2. The summed E-state index contributed by atoms with van der Waals surface area (Å²) in [7, 11) is 0. The van der Waals surface area contributed by atoms with E-state index in [1.54, 1.807) is 18.2 Å². The number of nitrogens with zero attached hydrogens (tertiary/aromatic N) is 3. The molecule has 2 amide bonds. The van der Waals surface area contributed by atoms with Gasteiger partial charge in [-0.05, 0) is 42.8 Å². The van der Waals surface area contributed by atoms with Crippen LogP contribution in [0.25, 0.3) is 0 Å². The van der Waals surface area contributed by atoms with Gasteiger partial charge in [-0.15, -0.1) is 0 Å². The maximum Gasteiger partial charge on any atom is 0.417 e. The van der Waals surface area contributed by atoms with E-state index >= 15 is 0 Å². The average Bonchev–Trinajstić information content (AvgIpc) is 3.07. The zero-order valence-corrected chi connectivity index (χ0v) is 16.9. The largest absolute Gasteiger partial charge is 0.417 e. The predicted octanol–water partition coefficient (Wildman–Crippen LogP) is 2.74. The number of piperazine rings is 1. The Morgan fingerprint density at radius 1 is 1.26 bits per heavy atom. The number of carbonyl (C=O) groups is 2. The first-order valence-corrected chi connectivity index (χ1v) is 9.94. The second kappa shape index (κ2) is 8.18. The zero-order chi connectivity index (χ0) is 22.2. The topological polar surface area (TPSA) is 77.6 Å². The van der Waals surface area contributed by atoms with Crippen molar-refractivity contribution in [2.75, 3.05) is 41.7 Å². The van der Waals surface area contributed by atoms with Crippen LogP contribution >= 0.6 is 0 Å². The molecule has 4 rings (SSSR count). The van der Waals surface area contributed by atoms with E-state index in [1.165, 1.54) is 6.07 Å². The lowest BCUT2D eigenvalue weighted by atomic mass is 10.1. The van der Waals surface area contributed by atoms with Crippen molar-refractivity contribution in [3.63, 3.8) is 0 Å². The van der Waals surface area contributed by atoms with Crippen LogP contribution in [0.2, 0.25) is 0 Å². The van der Waals surface area contributed by atoms with E-state index in [4.69, 9.17) is 0 Å². The summed E-state index contributed by atoms with van der Waals surface area (Å²) in [5.74, 6) is 0.268. The highest BCUT2D eigenvalue weighted by Gasteiger charge is 2.32. The molecule has 2 aromatic rings. The Hall–Kier alpha value is -3.14. The number of hydrogen-bond donors (Lipinski definition) is 2. The molecule has 0 saturated carbocycles. The molecule has 1 atom stereocenters. The van der Waals surface area contributed by atoms with Crippen LogP contribution in [-0.4, -0.2) is 53.9 Å². The molecule has 0 aliphatic carbocycles. The molecule has 0 bridgehead atoms. The average molecular weight is 433 g/mol. The van der Waals surface area contributed by atoms with Crippen molar-refractivity contribution in [1.29, 1.82) is 0 Å². The first-order chi connectivity index (χ1) is 14.7. The number of amides is 2. The maximum absolute atomic E-state index is 12.7. The third-order valence-electron chi connectivity index (χ3n) is 5.46. The van der Waals surface area contributed by atoms with Gasteiger partial charge in [0, 0.05) is 43.2 Å². The van der Waals surface area contributed by atoms with Crippen LogP contribution in [0, 0.1) is 0 Å². The molecule has 7 nitrogen and oxygen atoms in total. The first-order valence-electron chi connectivity index (χ1n) is 9.94. The van der Waals surface area contributed by atoms with E-state index in [-0.39, 0.29) is 24.4 Å². The van der Waals surface area contributed by atoms with Crippen molar-refractivity contribution in [3.8, 4) is 0 Å². The van der Waals surface area contributed by atoms with Crippen molar-refractivity contribution in [2.24, 2.45) is 0 Å². The van der Waals surface area contributed by atoms with Crippen LogP contribution in [0.1, 0.15) is 18.1 Å². The van der Waals surface area contributed by atoms with Crippen LogP contribution in [-0.2, 0) is 22.2 Å². The number of aromatic nitrogens is 1. The molecule has 1 aromatic carbocycles. The van der Waals surface area contributed by atoms with Gasteiger partial charge in [0.1, 0.15) is 5.82 Å². The van der Waals surface area contributed by atoms with Gasteiger partial charge < -0.3 is 15.5 Å². The number of nitrogens with one attached hydrogen (secondary N) is 2. The van der Waals surface area contributed by atoms with Gasteiger partial charge in [0.2, 0.25) is 11.8 Å². The second-order valence-electron chi connectivity index (χ2n) is 7.83. The summed E-state index contributed by atoms with van der Waals surface area (Å²) in [6.07, 6.45) is -3.26. The number of benzene rings is 1.